The number of Topliss-reactive ketones (excluding diaryl/α,β-unsaturated/α-hetero) is 1. The van der Waals surface area contributed by atoms with E-state index in [1.807, 2.05) is 73.7 Å². The number of aliphatic imine (C=N–C) groups is 1. The third kappa shape index (κ3) is 4.60. The fourth-order valence-corrected chi connectivity index (χ4v) is 6.17. The monoisotopic (exact) mass is 494 g/mol. The molecule has 36 heavy (non-hydrogen) atoms. The maximum atomic E-state index is 14.2. The summed E-state index contributed by atoms with van der Waals surface area (Å²) in [4.78, 5) is 18.7. The van der Waals surface area contributed by atoms with Gasteiger partial charge in [0.15, 0.2) is 5.78 Å². The lowest BCUT2D eigenvalue weighted by atomic mass is 9.94. The van der Waals surface area contributed by atoms with Gasteiger partial charge in [0, 0.05) is 12.0 Å². The number of aryl methyl sites for hydroxylation is 1. The summed E-state index contributed by atoms with van der Waals surface area (Å²) in [6.07, 6.45) is 0.286. The number of sulfonamides is 1. The predicted octanol–water partition coefficient (Wildman–Crippen LogP) is 5.63. The second-order valence-corrected chi connectivity index (χ2v) is 10.7. The van der Waals surface area contributed by atoms with Crippen LogP contribution in [0.5, 0.6) is 0 Å². The summed E-state index contributed by atoms with van der Waals surface area (Å²) in [5.74, 6) is 0.140. The fraction of sp³-hybridized carbons (Fsp3) is 0.133. The minimum absolute atomic E-state index is 0.169. The highest BCUT2D eigenvalue weighted by atomic mass is 32.2. The molecule has 6 heteroatoms. The van der Waals surface area contributed by atoms with Gasteiger partial charge in [-0.05, 0) is 30.2 Å². The summed E-state index contributed by atoms with van der Waals surface area (Å²) in [7, 11) is -4.02. The maximum absolute atomic E-state index is 14.2. The number of hydrogen-bond donors (Lipinski definition) is 0. The van der Waals surface area contributed by atoms with Gasteiger partial charge in [0.2, 0.25) is 0 Å². The van der Waals surface area contributed by atoms with Crippen LogP contribution < -0.4 is 0 Å². The van der Waals surface area contributed by atoms with Crippen LogP contribution in [0.15, 0.2) is 125 Å². The first-order chi connectivity index (χ1) is 17.4. The molecule has 0 radical (unpaired) electrons. The molecule has 0 spiro atoms. The third-order valence-electron chi connectivity index (χ3n) is 6.35. The Morgan fingerprint density at radius 2 is 1.33 bits per heavy atom. The van der Waals surface area contributed by atoms with E-state index in [2.05, 4.69) is 0 Å². The van der Waals surface area contributed by atoms with Gasteiger partial charge in [-0.1, -0.05) is 109 Å². The van der Waals surface area contributed by atoms with E-state index in [1.54, 1.807) is 48.5 Å². The van der Waals surface area contributed by atoms with E-state index >= 15 is 0 Å². The Hall–Kier alpha value is -4.03. The predicted molar refractivity (Wildman–Crippen MR) is 142 cm³/mol. The molecule has 0 fully saturated rings. The van der Waals surface area contributed by atoms with Gasteiger partial charge in [-0.15, -0.1) is 0 Å². The fourth-order valence-electron chi connectivity index (χ4n) is 4.53. The number of amidine groups is 1. The van der Waals surface area contributed by atoms with E-state index in [9.17, 15) is 13.2 Å². The zero-order chi connectivity index (χ0) is 25.1. The van der Waals surface area contributed by atoms with E-state index in [0.29, 0.717) is 17.0 Å². The zero-order valence-corrected chi connectivity index (χ0v) is 20.7. The Morgan fingerprint density at radius 3 is 1.94 bits per heavy atom. The van der Waals surface area contributed by atoms with E-state index in [-0.39, 0.29) is 17.1 Å². The van der Waals surface area contributed by atoms with Gasteiger partial charge >= 0.3 is 0 Å². The quantitative estimate of drug-likeness (QED) is 0.313. The van der Waals surface area contributed by atoms with Crippen molar-refractivity contribution in [2.24, 2.45) is 4.99 Å². The van der Waals surface area contributed by atoms with Gasteiger partial charge < -0.3 is 0 Å². The third-order valence-corrected chi connectivity index (χ3v) is 8.17. The lowest BCUT2D eigenvalue weighted by Crippen LogP contribution is -2.40. The first-order valence-electron chi connectivity index (χ1n) is 11.8. The van der Waals surface area contributed by atoms with Crippen LogP contribution in [-0.4, -0.2) is 30.4 Å². The van der Waals surface area contributed by atoms with Gasteiger partial charge in [-0.3, -0.25) is 9.79 Å². The van der Waals surface area contributed by atoms with Crippen molar-refractivity contribution in [3.63, 3.8) is 0 Å². The smallest absolute Gasteiger partial charge is 0.265 e. The second kappa shape index (κ2) is 9.91. The van der Waals surface area contributed by atoms with E-state index in [4.69, 9.17) is 4.99 Å². The molecular weight excluding hydrogens is 468 g/mol. The van der Waals surface area contributed by atoms with Crippen molar-refractivity contribution in [1.29, 1.82) is 0 Å². The maximum Gasteiger partial charge on any atom is 0.265 e. The Bertz CT molecular complexity index is 1480. The minimum Gasteiger partial charge on any atom is -0.292 e. The Morgan fingerprint density at radius 1 is 0.778 bits per heavy atom. The highest BCUT2D eigenvalue weighted by Crippen LogP contribution is 2.39. The van der Waals surface area contributed by atoms with Crippen LogP contribution in [0.2, 0.25) is 0 Å². The van der Waals surface area contributed by atoms with Crippen molar-refractivity contribution < 1.29 is 13.2 Å². The van der Waals surface area contributed by atoms with E-state index < -0.39 is 22.1 Å². The Kier molecular flexibility index (Phi) is 6.53. The number of carbonyl (C=O) groups excluding carboxylic acids is 1. The molecule has 0 saturated heterocycles. The Balaban J connectivity index is 1.68. The highest BCUT2D eigenvalue weighted by molar-refractivity contribution is 7.89. The summed E-state index contributed by atoms with van der Waals surface area (Å²) in [6, 6.07) is 32.9. The molecular formula is C30H26N2O3S. The molecule has 0 unspecified atom stereocenters. The van der Waals surface area contributed by atoms with Crippen molar-refractivity contribution in [1.82, 2.24) is 4.31 Å². The molecule has 1 aliphatic rings. The van der Waals surface area contributed by atoms with Gasteiger partial charge in [-0.2, -0.15) is 0 Å². The number of hydrogen-bond acceptors (Lipinski definition) is 4. The van der Waals surface area contributed by atoms with Crippen molar-refractivity contribution in [3.8, 4) is 0 Å². The standard InChI is InChI=1S/C30H26N2O3S/c1-22-17-19-26(20-18-22)36(34,35)32-27(21-23-11-5-2-6-12-23)31-28(29(32)24-13-7-3-8-14-24)30(33)25-15-9-4-10-16-25/h2-20,28-29H,21H2,1H3/t28-,29+/m0/s1. The van der Waals surface area contributed by atoms with E-state index in [0.717, 1.165) is 11.1 Å². The van der Waals surface area contributed by atoms with Crippen LogP contribution in [0.3, 0.4) is 0 Å². The molecule has 0 saturated carbocycles. The van der Waals surface area contributed by atoms with E-state index in [1.165, 1.54) is 4.31 Å². The first-order valence-corrected chi connectivity index (χ1v) is 13.2. The molecule has 2 atom stereocenters. The van der Waals surface area contributed by atoms with Gasteiger partial charge in [-0.25, -0.2) is 12.7 Å². The summed E-state index contributed by atoms with van der Waals surface area (Å²) in [5.41, 5.74) is 3.10. The molecule has 1 heterocycles. The SMILES string of the molecule is Cc1ccc(S(=O)(=O)N2C(Cc3ccccc3)=N[C@H](C(=O)c3ccccc3)[C@H]2c2ccccc2)cc1. The van der Waals surface area contributed by atoms with Crippen molar-refractivity contribution in [2.75, 3.05) is 0 Å². The number of ketones is 1. The van der Waals surface area contributed by atoms with Crippen LogP contribution in [0.25, 0.3) is 0 Å². The summed E-state index contributed by atoms with van der Waals surface area (Å²) >= 11 is 0. The molecule has 5 nitrogen and oxygen atoms in total. The molecule has 180 valence electrons. The minimum atomic E-state index is -4.02. The van der Waals surface area contributed by atoms with Gasteiger partial charge in [0.1, 0.15) is 17.9 Å². The molecule has 5 rings (SSSR count). The normalized spacial score (nSPS) is 17.6. The van der Waals surface area contributed by atoms with Crippen LogP contribution in [0.1, 0.15) is 33.1 Å². The highest BCUT2D eigenvalue weighted by Gasteiger charge is 2.47. The van der Waals surface area contributed by atoms with Crippen LogP contribution >= 0.6 is 0 Å². The molecule has 1 aliphatic heterocycles. The molecule has 4 aromatic rings. The number of carbonyl (C=O) groups is 1. The molecule has 0 aliphatic carbocycles. The van der Waals surface area contributed by atoms with Gasteiger partial charge in [0.25, 0.3) is 10.0 Å². The van der Waals surface area contributed by atoms with Crippen molar-refractivity contribution in [2.45, 2.75) is 30.3 Å². The molecule has 0 N–H and O–H groups in total. The van der Waals surface area contributed by atoms with Crippen molar-refractivity contribution in [3.05, 3.63) is 138 Å². The molecule has 0 bridgehead atoms. The summed E-state index contributed by atoms with van der Waals surface area (Å²) in [6.45, 7) is 1.91. The summed E-state index contributed by atoms with van der Waals surface area (Å²) in [5, 5.41) is 0. The molecule has 0 aromatic heterocycles. The Labute approximate surface area is 211 Å². The van der Waals surface area contributed by atoms with Crippen LogP contribution in [0, 0.1) is 6.92 Å². The average molecular weight is 495 g/mol. The van der Waals surface area contributed by atoms with Crippen LogP contribution in [-0.2, 0) is 16.4 Å². The van der Waals surface area contributed by atoms with Crippen LogP contribution in [0.4, 0.5) is 0 Å². The number of nitrogens with zero attached hydrogens (tertiary/aromatic N) is 2. The number of benzene rings is 4. The summed E-state index contributed by atoms with van der Waals surface area (Å²) < 4.78 is 29.7. The molecule has 4 aromatic carbocycles. The zero-order valence-electron chi connectivity index (χ0n) is 19.9. The second-order valence-electron chi connectivity index (χ2n) is 8.85. The first kappa shape index (κ1) is 23.7. The molecule has 0 amide bonds. The largest absolute Gasteiger partial charge is 0.292 e. The average Bonchev–Trinajstić information content (AvgIpc) is 3.30. The number of rotatable bonds is 7. The lowest BCUT2D eigenvalue weighted by molar-refractivity contribution is 0.0944. The van der Waals surface area contributed by atoms with Gasteiger partial charge in [0.05, 0.1) is 4.90 Å². The lowest BCUT2D eigenvalue weighted by Gasteiger charge is -2.30. The van der Waals surface area contributed by atoms with Crippen molar-refractivity contribution >= 4 is 21.6 Å². The topological polar surface area (TPSA) is 66.8 Å².